The van der Waals surface area contributed by atoms with E-state index < -0.39 is 0 Å². The SMILES string of the molecule is CCCOc1c2cc(C(C)(C)C)cc1Cc1cc(-n3nnnc3-c3ccc(Cl)cc3)cc(c1O)Cc1cc(C(C)(C)C)cc(c1OCCC)Cc1cc(-n3nnnc3-c3ccc(Cl)cc3)cc(c1O)C2. The Balaban J connectivity index is 1.34. The van der Waals surface area contributed by atoms with Gasteiger partial charge in [-0.1, -0.05) is 103 Å². The van der Waals surface area contributed by atoms with Crippen LogP contribution in [-0.4, -0.2) is 63.8 Å². The van der Waals surface area contributed by atoms with E-state index in [4.69, 9.17) is 32.7 Å². The number of phenols is 2. The number of halogens is 2. The molecule has 1 aliphatic carbocycles. The smallest absolute Gasteiger partial charge is 0.187 e. The Morgan fingerprint density at radius 1 is 0.486 bits per heavy atom. The Bertz CT molecular complexity index is 2890. The summed E-state index contributed by atoms with van der Waals surface area (Å²) in [6.45, 7) is 18.2. The normalized spacial score (nSPS) is 12.8. The van der Waals surface area contributed by atoms with Crippen molar-refractivity contribution >= 4 is 23.2 Å². The largest absolute Gasteiger partial charge is 0.507 e. The zero-order valence-corrected chi connectivity index (χ0v) is 42.5. The van der Waals surface area contributed by atoms with Crippen LogP contribution in [0, 0.1) is 0 Å². The Kier molecular flexibility index (Phi) is 13.5. The van der Waals surface area contributed by atoms with Gasteiger partial charge in [-0.25, -0.2) is 0 Å². The van der Waals surface area contributed by atoms with E-state index in [2.05, 4.69) is 111 Å². The van der Waals surface area contributed by atoms with Gasteiger partial charge in [-0.3, -0.25) is 0 Å². The van der Waals surface area contributed by atoms with Gasteiger partial charge in [-0.2, -0.15) is 9.36 Å². The van der Waals surface area contributed by atoms with Gasteiger partial charge < -0.3 is 19.7 Å². The van der Waals surface area contributed by atoms with Crippen LogP contribution in [0.25, 0.3) is 34.2 Å². The lowest BCUT2D eigenvalue weighted by atomic mass is 9.81. The highest BCUT2D eigenvalue weighted by atomic mass is 35.5. The lowest BCUT2D eigenvalue weighted by Crippen LogP contribution is -2.15. The maximum Gasteiger partial charge on any atom is 0.187 e. The van der Waals surface area contributed by atoms with E-state index in [0.29, 0.717) is 106 Å². The highest BCUT2D eigenvalue weighted by Crippen LogP contribution is 2.43. The standard InChI is InChI=1S/C56H58Cl2N8O4/c1-9-19-69-51-39-21-35-29-47(65-53(59-61-63-65)33-11-15-45(57)16-12-33)31-37(49(35)67)23-41-27-44(56(6,7)8)28-42(52(41)70-20-10-2)24-38-32-48(66-54(60-62-64-66)34-13-17-46(58)18-14-34)30-36(50(38)68)22-40(51)26-43(25-39)55(3,4)5/h11-18,25-32,67-68H,9-10,19-24H2,1-8H3. The molecule has 8 aromatic rings. The Morgan fingerprint density at radius 2 is 0.800 bits per heavy atom. The summed E-state index contributed by atoms with van der Waals surface area (Å²) in [7, 11) is 0. The molecule has 12 nitrogen and oxygen atoms in total. The van der Waals surface area contributed by atoms with Gasteiger partial charge >= 0.3 is 0 Å². The number of benzene rings is 6. The number of hydrogen-bond acceptors (Lipinski definition) is 10. The highest BCUT2D eigenvalue weighted by molar-refractivity contribution is 6.30. The Morgan fingerprint density at radius 3 is 1.09 bits per heavy atom. The van der Waals surface area contributed by atoms with E-state index in [1.165, 1.54) is 0 Å². The first-order valence-corrected chi connectivity index (χ1v) is 24.6. The van der Waals surface area contributed by atoms with Crippen LogP contribution in [0.2, 0.25) is 10.0 Å². The first-order chi connectivity index (χ1) is 33.5. The fourth-order valence-corrected chi connectivity index (χ4v) is 9.30. The van der Waals surface area contributed by atoms with E-state index in [1.54, 1.807) is 9.36 Å². The van der Waals surface area contributed by atoms with Crippen LogP contribution in [0.4, 0.5) is 0 Å². The van der Waals surface area contributed by atoms with Crippen LogP contribution in [0.15, 0.2) is 97.1 Å². The molecule has 70 heavy (non-hydrogen) atoms. The molecule has 9 rings (SSSR count). The molecule has 360 valence electrons. The molecule has 0 saturated carbocycles. The van der Waals surface area contributed by atoms with E-state index in [-0.39, 0.29) is 22.3 Å². The predicted octanol–water partition coefficient (Wildman–Crippen LogP) is 12.5. The van der Waals surface area contributed by atoms with Crippen LogP contribution in [-0.2, 0) is 36.5 Å². The molecule has 2 heterocycles. The summed E-state index contributed by atoms with van der Waals surface area (Å²) < 4.78 is 17.0. The second-order valence-corrected chi connectivity index (χ2v) is 21.1. The molecule has 0 saturated heterocycles. The summed E-state index contributed by atoms with van der Waals surface area (Å²) >= 11 is 12.6. The number of hydrogen-bond donors (Lipinski definition) is 2. The lowest BCUT2D eigenvalue weighted by Gasteiger charge is -2.26. The molecule has 0 fully saturated rings. The van der Waals surface area contributed by atoms with Crippen molar-refractivity contribution in [2.45, 2.75) is 105 Å². The number of aromatic hydroxyl groups is 2. The molecule has 0 amide bonds. The Labute approximate surface area is 419 Å². The number of ether oxygens (including phenoxy) is 2. The first-order valence-electron chi connectivity index (χ1n) is 23.9. The molecular weight excluding hydrogens is 920 g/mol. The van der Waals surface area contributed by atoms with E-state index in [9.17, 15) is 10.2 Å². The fourth-order valence-electron chi connectivity index (χ4n) is 9.05. The van der Waals surface area contributed by atoms with Crippen LogP contribution in [0.3, 0.4) is 0 Å². The number of rotatable bonds is 10. The summed E-state index contributed by atoms with van der Waals surface area (Å²) in [4.78, 5) is 0. The monoisotopic (exact) mass is 976 g/mol. The van der Waals surface area contributed by atoms with E-state index >= 15 is 0 Å². The number of nitrogens with zero attached hydrogens (tertiary/aromatic N) is 8. The van der Waals surface area contributed by atoms with Crippen molar-refractivity contribution < 1.29 is 19.7 Å². The molecular formula is C56H58Cl2N8O4. The fraction of sp³-hybridized carbons (Fsp3) is 0.321. The molecule has 0 spiro atoms. The molecule has 0 radical (unpaired) electrons. The molecule has 0 atom stereocenters. The minimum atomic E-state index is -0.278. The van der Waals surface area contributed by atoms with Crippen molar-refractivity contribution in [1.82, 2.24) is 40.4 Å². The van der Waals surface area contributed by atoms with Crippen LogP contribution in [0.5, 0.6) is 23.0 Å². The third kappa shape index (κ3) is 9.98. The molecule has 0 unspecified atom stereocenters. The molecule has 2 N–H and O–H groups in total. The Hall–Kier alpha value is -6.76. The maximum absolute atomic E-state index is 12.7. The van der Waals surface area contributed by atoms with Gasteiger partial charge in [0.2, 0.25) is 0 Å². The van der Waals surface area contributed by atoms with E-state index in [1.807, 2.05) is 72.8 Å². The summed E-state index contributed by atoms with van der Waals surface area (Å²) in [5.41, 5.74) is 10.7. The second-order valence-electron chi connectivity index (χ2n) is 20.2. The van der Waals surface area contributed by atoms with Gasteiger partial charge in [0, 0.05) is 69.1 Å². The van der Waals surface area contributed by atoms with Crippen molar-refractivity contribution in [2.24, 2.45) is 0 Å². The van der Waals surface area contributed by atoms with Gasteiger partial charge in [0.25, 0.3) is 0 Å². The zero-order chi connectivity index (χ0) is 49.5. The van der Waals surface area contributed by atoms with Crippen LogP contribution in [0.1, 0.15) is 124 Å². The summed E-state index contributed by atoms with van der Waals surface area (Å²) in [6, 6.07) is 31.4. The third-order valence-corrected chi connectivity index (χ3v) is 13.3. The van der Waals surface area contributed by atoms with Gasteiger partial charge in [-0.05, 0) is 151 Å². The molecule has 2 aromatic heterocycles. The molecule has 8 bridgehead atoms. The minimum absolute atomic E-state index is 0.163. The van der Waals surface area contributed by atoms with Crippen LogP contribution < -0.4 is 9.47 Å². The maximum atomic E-state index is 12.7. The number of fused-ring (bicyclic) bond motifs is 8. The van der Waals surface area contributed by atoms with E-state index in [0.717, 1.165) is 57.3 Å². The summed E-state index contributed by atoms with van der Waals surface area (Å²) in [5.74, 6) is 2.77. The first kappa shape index (κ1) is 48.3. The average Bonchev–Trinajstić information content (AvgIpc) is 4.02. The van der Waals surface area contributed by atoms with Crippen molar-refractivity contribution in [2.75, 3.05) is 13.2 Å². The number of tetrazole rings is 2. The summed E-state index contributed by atoms with van der Waals surface area (Å²) in [5, 5.41) is 52.9. The molecule has 14 heteroatoms. The number of phenolic OH excluding ortho intramolecular Hbond substituents is 2. The topological polar surface area (TPSA) is 146 Å². The van der Waals surface area contributed by atoms with Gasteiger partial charge in [0.05, 0.1) is 24.6 Å². The minimum Gasteiger partial charge on any atom is -0.507 e. The predicted molar refractivity (Wildman–Crippen MR) is 276 cm³/mol. The highest BCUT2D eigenvalue weighted by Gasteiger charge is 2.28. The van der Waals surface area contributed by atoms with Crippen molar-refractivity contribution in [1.29, 1.82) is 0 Å². The average molecular weight is 978 g/mol. The van der Waals surface area contributed by atoms with Crippen molar-refractivity contribution in [3.63, 3.8) is 0 Å². The molecule has 1 aliphatic rings. The summed E-state index contributed by atoms with van der Waals surface area (Å²) in [6.07, 6.45) is 2.76. The van der Waals surface area contributed by atoms with Crippen molar-refractivity contribution in [3.8, 4) is 57.1 Å². The zero-order valence-electron chi connectivity index (χ0n) is 40.9. The second kappa shape index (κ2) is 19.6. The molecule has 6 aromatic carbocycles. The lowest BCUT2D eigenvalue weighted by molar-refractivity contribution is 0.311. The van der Waals surface area contributed by atoms with Gasteiger partial charge in [0.15, 0.2) is 11.6 Å². The van der Waals surface area contributed by atoms with Gasteiger partial charge in [0.1, 0.15) is 23.0 Å². The third-order valence-electron chi connectivity index (χ3n) is 12.8. The quantitative estimate of drug-likeness (QED) is 0.136. The van der Waals surface area contributed by atoms with Gasteiger partial charge in [-0.15, -0.1) is 10.2 Å². The van der Waals surface area contributed by atoms with Crippen molar-refractivity contribution in [3.05, 3.63) is 163 Å². The molecule has 0 aliphatic heterocycles. The van der Waals surface area contributed by atoms with Crippen LogP contribution >= 0.6 is 23.2 Å². The number of aromatic nitrogens is 8.